The molecule has 0 fully saturated rings. The first-order valence-electron chi connectivity index (χ1n) is 9.68. The molecule has 0 aliphatic carbocycles. The molecule has 0 aliphatic heterocycles. The molecule has 0 aliphatic rings. The van der Waals surface area contributed by atoms with Gasteiger partial charge in [-0.05, 0) is 38.1 Å². The second-order valence-electron chi connectivity index (χ2n) is 6.93. The lowest BCUT2D eigenvalue weighted by Crippen LogP contribution is -2.24. The number of fused-ring (bicyclic) bond motifs is 1. The molecule has 1 amide bonds. The van der Waals surface area contributed by atoms with Crippen molar-refractivity contribution in [2.45, 2.75) is 26.5 Å². The second-order valence-corrected chi connectivity index (χ2v) is 8.00. The number of rotatable bonds is 7. The number of aromatic nitrogens is 1. The summed E-state index contributed by atoms with van der Waals surface area (Å²) in [6.07, 6.45) is 3.26. The van der Waals surface area contributed by atoms with E-state index >= 15 is 0 Å². The Morgan fingerprint density at radius 3 is 2.83 bits per heavy atom. The van der Waals surface area contributed by atoms with E-state index in [-0.39, 0.29) is 11.9 Å². The average molecular weight is 419 g/mol. The Bertz CT molecular complexity index is 1160. The van der Waals surface area contributed by atoms with Gasteiger partial charge in [-0.25, -0.2) is 4.98 Å². The lowest BCUT2D eigenvalue weighted by molar-refractivity contribution is -0.117. The van der Waals surface area contributed by atoms with E-state index < -0.39 is 0 Å². The maximum absolute atomic E-state index is 12.4. The van der Waals surface area contributed by atoms with Gasteiger partial charge in [-0.15, -0.1) is 11.3 Å². The highest BCUT2D eigenvalue weighted by Crippen LogP contribution is 2.24. The van der Waals surface area contributed by atoms with Gasteiger partial charge in [0.05, 0.1) is 16.7 Å². The summed E-state index contributed by atoms with van der Waals surface area (Å²) < 4.78 is 11.7. The van der Waals surface area contributed by atoms with E-state index in [1.807, 2.05) is 73.8 Å². The Labute approximate surface area is 179 Å². The number of para-hydroxylation sites is 2. The molecule has 4 rings (SSSR count). The molecule has 1 unspecified atom stereocenters. The van der Waals surface area contributed by atoms with Crippen LogP contribution in [0, 0.1) is 6.92 Å². The van der Waals surface area contributed by atoms with Crippen molar-refractivity contribution < 1.29 is 13.9 Å². The average Bonchev–Trinajstić information content (AvgIpc) is 3.37. The molecule has 0 saturated carbocycles. The molecule has 1 N–H and O–H groups in total. The number of thiazole rings is 1. The highest BCUT2D eigenvalue weighted by atomic mass is 32.1. The summed E-state index contributed by atoms with van der Waals surface area (Å²) in [6, 6.07) is 17.1. The summed E-state index contributed by atoms with van der Waals surface area (Å²) in [6.45, 7) is 4.26. The zero-order valence-corrected chi connectivity index (χ0v) is 17.6. The molecule has 2 aromatic heterocycles. The number of amides is 1. The van der Waals surface area contributed by atoms with Crippen LogP contribution < -0.4 is 10.1 Å². The lowest BCUT2D eigenvalue weighted by atomic mass is 10.2. The SMILES string of the molecule is Cc1nc(COc2ccccc2/C=C/C(=O)NC(C)c2cc3ccccc3o2)cs1. The zero-order valence-electron chi connectivity index (χ0n) is 16.8. The van der Waals surface area contributed by atoms with Crippen LogP contribution in [-0.2, 0) is 11.4 Å². The van der Waals surface area contributed by atoms with Gasteiger partial charge < -0.3 is 14.5 Å². The van der Waals surface area contributed by atoms with Gasteiger partial charge in [0.15, 0.2) is 0 Å². The molecule has 152 valence electrons. The fourth-order valence-electron chi connectivity index (χ4n) is 3.09. The third-order valence-corrected chi connectivity index (χ3v) is 5.43. The van der Waals surface area contributed by atoms with Crippen LogP contribution in [0.25, 0.3) is 17.0 Å². The molecule has 1 atom stereocenters. The van der Waals surface area contributed by atoms with E-state index in [9.17, 15) is 4.79 Å². The van der Waals surface area contributed by atoms with Crippen LogP contribution >= 0.6 is 11.3 Å². The van der Waals surface area contributed by atoms with Crippen molar-refractivity contribution in [3.63, 3.8) is 0 Å². The summed E-state index contributed by atoms with van der Waals surface area (Å²) >= 11 is 1.60. The van der Waals surface area contributed by atoms with Gasteiger partial charge in [0.2, 0.25) is 5.91 Å². The Balaban J connectivity index is 1.39. The van der Waals surface area contributed by atoms with Crippen LogP contribution in [0.1, 0.15) is 35.0 Å². The molecule has 2 heterocycles. The molecule has 0 bridgehead atoms. The minimum absolute atomic E-state index is 0.201. The number of aryl methyl sites for hydroxylation is 1. The predicted molar refractivity (Wildman–Crippen MR) is 119 cm³/mol. The number of furan rings is 1. The van der Waals surface area contributed by atoms with E-state index in [4.69, 9.17) is 9.15 Å². The number of carbonyl (C=O) groups excluding carboxylic acids is 1. The lowest BCUT2D eigenvalue weighted by Gasteiger charge is -2.10. The second kappa shape index (κ2) is 8.97. The van der Waals surface area contributed by atoms with Crippen LogP contribution in [-0.4, -0.2) is 10.9 Å². The first-order chi connectivity index (χ1) is 14.6. The van der Waals surface area contributed by atoms with Gasteiger partial charge in [-0.1, -0.05) is 36.4 Å². The van der Waals surface area contributed by atoms with Crippen molar-refractivity contribution in [3.05, 3.63) is 88.1 Å². The van der Waals surface area contributed by atoms with Crippen LogP contribution in [0.2, 0.25) is 0 Å². The molecule has 5 nitrogen and oxygen atoms in total. The summed E-state index contributed by atoms with van der Waals surface area (Å²) in [5, 5.41) is 6.96. The van der Waals surface area contributed by atoms with Gasteiger partial charge in [0.1, 0.15) is 23.7 Å². The Morgan fingerprint density at radius 1 is 1.23 bits per heavy atom. The summed E-state index contributed by atoms with van der Waals surface area (Å²) in [5.41, 5.74) is 2.54. The third kappa shape index (κ3) is 4.78. The summed E-state index contributed by atoms with van der Waals surface area (Å²) in [4.78, 5) is 16.8. The standard InChI is InChI=1S/C24H22N2O3S/c1-16(23-13-19-8-4-6-10-22(19)29-23)25-24(27)12-11-18-7-3-5-9-21(18)28-14-20-15-30-17(2)26-20/h3-13,15-16H,14H2,1-2H3,(H,25,27)/b12-11+. The van der Waals surface area contributed by atoms with Gasteiger partial charge in [-0.3, -0.25) is 4.79 Å². The minimum Gasteiger partial charge on any atom is -0.487 e. The Kier molecular flexibility index (Phi) is 5.95. The first-order valence-corrected chi connectivity index (χ1v) is 10.6. The molecule has 30 heavy (non-hydrogen) atoms. The van der Waals surface area contributed by atoms with Gasteiger partial charge in [0, 0.05) is 22.4 Å². The Hall–Kier alpha value is -3.38. The minimum atomic E-state index is -0.242. The number of benzene rings is 2. The quantitative estimate of drug-likeness (QED) is 0.393. The largest absolute Gasteiger partial charge is 0.487 e. The third-order valence-electron chi connectivity index (χ3n) is 4.61. The monoisotopic (exact) mass is 418 g/mol. The number of nitrogens with one attached hydrogen (secondary N) is 1. The molecular weight excluding hydrogens is 396 g/mol. The molecule has 4 aromatic rings. The van der Waals surface area contributed by atoms with E-state index in [1.165, 1.54) is 6.08 Å². The predicted octanol–water partition coefficient (Wildman–Crippen LogP) is 5.67. The van der Waals surface area contributed by atoms with Crippen LogP contribution in [0.4, 0.5) is 0 Å². The van der Waals surface area contributed by atoms with E-state index in [1.54, 1.807) is 17.4 Å². The van der Waals surface area contributed by atoms with Crippen LogP contribution in [0.3, 0.4) is 0 Å². The zero-order chi connectivity index (χ0) is 20.9. The fraction of sp³-hybridized carbons (Fsp3) is 0.167. The number of ether oxygens (including phenoxy) is 1. The highest BCUT2D eigenvalue weighted by Gasteiger charge is 2.13. The van der Waals surface area contributed by atoms with Crippen molar-refractivity contribution in [2.75, 3.05) is 0 Å². The molecule has 2 aromatic carbocycles. The fourth-order valence-corrected chi connectivity index (χ4v) is 3.69. The van der Waals surface area contributed by atoms with E-state index in [0.29, 0.717) is 12.4 Å². The number of carbonyl (C=O) groups is 1. The summed E-state index contributed by atoms with van der Waals surface area (Å²) in [7, 11) is 0. The molecule has 0 radical (unpaired) electrons. The van der Waals surface area contributed by atoms with Crippen LogP contribution in [0.15, 0.2) is 70.5 Å². The number of nitrogens with zero attached hydrogens (tertiary/aromatic N) is 1. The smallest absolute Gasteiger partial charge is 0.244 e. The number of hydrogen-bond donors (Lipinski definition) is 1. The van der Waals surface area contributed by atoms with Crippen LogP contribution in [0.5, 0.6) is 5.75 Å². The Morgan fingerprint density at radius 2 is 2.03 bits per heavy atom. The topological polar surface area (TPSA) is 64.4 Å². The van der Waals surface area contributed by atoms with E-state index in [0.717, 1.165) is 33.0 Å². The maximum atomic E-state index is 12.4. The maximum Gasteiger partial charge on any atom is 0.244 e. The normalized spacial score (nSPS) is 12.3. The van der Waals surface area contributed by atoms with Crippen molar-refractivity contribution in [1.82, 2.24) is 10.3 Å². The first kappa shape index (κ1) is 19.9. The van der Waals surface area contributed by atoms with Crippen molar-refractivity contribution in [1.29, 1.82) is 0 Å². The van der Waals surface area contributed by atoms with Gasteiger partial charge >= 0.3 is 0 Å². The highest BCUT2D eigenvalue weighted by molar-refractivity contribution is 7.09. The molecule has 6 heteroatoms. The molecule has 0 spiro atoms. The van der Waals surface area contributed by atoms with Gasteiger partial charge in [0.25, 0.3) is 0 Å². The summed E-state index contributed by atoms with van der Waals surface area (Å²) in [5.74, 6) is 1.23. The van der Waals surface area contributed by atoms with Crippen molar-refractivity contribution >= 4 is 34.3 Å². The number of hydrogen-bond acceptors (Lipinski definition) is 5. The van der Waals surface area contributed by atoms with Crippen molar-refractivity contribution in [2.24, 2.45) is 0 Å². The van der Waals surface area contributed by atoms with Gasteiger partial charge in [-0.2, -0.15) is 0 Å². The van der Waals surface area contributed by atoms with E-state index in [2.05, 4.69) is 10.3 Å². The molecular formula is C24H22N2O3S. The van der Waals surface area contributed by atoms with Crippen molar-refractivity contribution in [3.8, 4) is 5.75 Å². The molecule has 0 saturated heterocycles.